The summed E-state index contributed by atoms with van der Waals surface area (Å²) in [6.45, 7) is 4.73. The predicted octanol–water partition coefficient (Wildman–Crippen LogP) is 2.43. The first-order valence-corrected chi connectivity index (χ1v) is 9.32. The largest absolute Gasteiger partial charge is 0.433 e. The smallest absolute Gasteiger partial charge is 0.352 e. The molecule has 2 amide bonds. The van der Waals surface area contributed by atoms with Gasteiger partial charge in [-0.05, 0) is 44.7 Å². The summed E-state index contributed by atoms with van der Waals surface area (Å²) in [6.07, 6.45) is -0.720. The van der Waals surface area contributed by atoms with Crippen LogP contribution >= 0.6 is 0 Å². The van der Waals surface area contributed by atoms with Gasteiger partial charge in [-0.3, -0.25) is 19.3 Å². The lowest BCUT2D eigenvalue weighted by Crippen LogP contribution is -2.35. The zero-order valence-corrected chi connectivity index (χ0v) is 16.1. The molecule has 2 aromatic heterocycles. The van der Waals surface area contributed by atoms with Crippen LogP contribution in [0.4, 0.5) is 13.2 Å². The van der Waals surface area contributed by atoms with Crippen molar-refractivity contribution in [2.24, 2.45) is 5.92 Å². The maximum atomic E-state index is 12.6. The topological polar surface area (TPSA) is 88.9 Å². The van der Waals surface area contributed by atoms with Crippen LogP contribution in [0.2, 0.25) is 0 Å². The molecule has 0 spiro atoms. The molecule has 0 aromatic carbocycles. The van der Waals surface area contributed by atoms with Gasteiger partial charge in [0.1, 0.15) is 5.69 Å². The van der Waals surface area contributed by atoms with Crippen LogP contribution in [-0.4, -0.2) is 39.2 Å². The van der Waals surface area contributed by atoms with E-state index in [9.17, 15) is 22.8 Å². The summed E-state index contributed by atoms with van der Waals surface area (Å²) in [6, 6.07) is 1.90. The molecule has 1 aliphatic heterocycles. The number of halogens is 3. The fourth-order valence-corrected chi connectivity index (χ4v) is 3.24. The molecule has 0 radical (unpaired) electrons. The second-order valence-corrected chi connectivity index (χ2v) is 7.35. The van der Waals surface area contributed by atoms with E-state index in [-0.39, 0.29) is 23.4 Å². The van der Waals surface area contributed by atoms with Gasteiger partial charge in [0.15, 0.2) is 0 Å². The van der Waals surface area contributed by atoms with Crippen molar-refractivity contribution in [1.82, 2.24) is 25.4 Å². The molecule has 7 nitrogen and oxygen atoms in total. The van der Waals surface area contributed by atoms with E-state index in [1.807, 2.05) is 13.8 Å². The normalized spacial score (nSPS) is 16.4. The first kappa shape index (κ1) is 20.8. The van der Waals surface area contributed by atoms with Gasteiger partial charge in [0.25, 0.3) is 11.8 Å². The summed E-state index contributed by atoms with van der Waals surface area (Å²) in [5.41, 5.74) is 0.379. The number of aromatic nitrogens is 3. The monoisotopic (exact) mass is 409 g/mol. The van der Waals surface area contributed by atoms with Crippen molar-refractivity contribution in [2.75, 3.05) is 6.54 Å². The maximum absolute atomic E-state index is 12.6. The van der Waals surface area contributed by atoms with Crippen molar-refractivity contribution in [3.8, 4) is 0 Å². The van der Waals surface area contributed by atoms with Gasteiger partial charge in [-0.15, -0.1) is 0 Å². The van der Waals surface area contributed by atoms with Crippen LogP contribution in [0.15, 0.2) is 24.5 Å². The van der Waals surface area contributed by atoms with Crippen molar-refractivity contribution in [2.45, 2.75) is 45.5 Å². The zero-order valence-electron chi connectivity index (χ0n) is 16.1. The lowest BCUT2D eigenvalue weighted by atomic mass is 9.94. The Hall–Kier alpha value is -2.91. The van der Waals surface area contributed by atoms with E-state index in [0.717, 1.165) is 30.4 Å². The Bertz CT molecular complexity index is 890. The molecule has 0 aliphatic carbocycles. The number of carbonyl (C=O) groups excluding carboxylic acids is 2. The van der Waals surface area contributed by atoms with Crippen molar-refractivity contribution < 1.29 is 22.8 Å². The molecular formula is C19H22F3N5O2. The second-order valence-electron chi connectivity index (χ2n) is 7.35. The highest BCUT2D eigenvalue weighted by molar-refractivity contribution is 5.95. The third kappa shape index (κ3) is 4.93. The molecule has 1 aliphatic rings. The standard InChI is InChI=1S/C19H22F3N5O2/c1-11(2)26-18(29)14-10-25-27-6-5-12(7-15(14)27)8-24-17(28)13-3-4-16(23-9-13)19(20,21)22/h3-4,9-12H,5-8H2,1-2H3,(H,24,28)(H,26,29)/t12-/m0/s1. The Morgan fingerprint density at radius 2 is 2.00 bits per heavy atom. The molecule has 1 atom stereocenters. The van der Waals surface area contributed by atoms with E-state index >= 15 is 0 Å². The third-order valence-corrected chi connectivity index (χ3v) is 4.71. The lowest BCUT2D eigenvalue weighted by Gasteiger charge is -2.24. The molecule has 156 valence electrons. The highest BCUT2D eigenvalue weighted by Crippen LogP contribution is 2.27. The van der Waals surface area contributed by atoms with Crippen molar-refractivity contribution in [3.63, 3.8) is 0 Å². The molecule has 29 heavy (non-hydrogen) atoms. The molecule has 3 heterocycles. The number of nitrogens with zero attached hydrogens (tertiary/aromatic N) is 3. The minimum absolute atomic E-state index is 0.00840. The van der Waals surface area contributed by atoms with E-state index in [1.165, 1.54) is 0 Å². The van der Waals surface area contributed by atoms with Gasteiger partial charge in [0.2, 0.25) is 0 Å². The highest BCUT2D eigenvalue weighted by Gasteiger charge is 2.32. The number of amides is 2. The Morgan fingerprint density at radius 3 is 2.62 bits per heavy atom. The Balaban J connectivity index is 1.60. The quantitative estimate of drug-likeness (QED) is 0.794. The van der Waals surface area contributed by atoms with Crippen LogP contribution in [0.5, 0.6) is 0 Å². The predicted molar refractivity (Wildman–Crippen MR) is 98.2 cm³/mol. The van der Waals surface area contributed by atoms with Gasteiger partial charge < -0.3 is 10.6 Å². The van der Waals surface area contributed by atoms with E-state index in [2.05, 4.69) is 20.7 Å². The van der Waals surface area contributed by atoms with Gasteiger partial charge in [0, 0.05) is 25.3 Å². The summed E-state index contributed by atoms with van der Waals surface area (Å²) in [5, 5.41) is 9.85. The molecule has 0 bridgehead atoms. The van der Waals surface area contributed by atoms with Crippen LogP contribution < -0.4 is 10.6 Å². The van der Waals surface area contributed by atoms with Crippen LogP contribution in [-0.2, 0) is 19.1 Å². The van der Waals surface area contributed by atoms with Crippen LogP contribution in [0.1, 0.15) is 52.4 Å². The summed E-state index contributed by atoms with van der Waals surface area (Å²) in [7, 11) is 0. The van der Waals surface area contributed by atoms with Crippen LogP contribution in [0, 0.1) is 5.92 Å². The van der Waals surface area contributed by atoms with Crippen molar-refractivity contribution in [1.29, 1.82) is 0 Å². The van der Waals surface area contributed by atoms with E-state index < -0.39 is 17.8 Å². The van der Waals surface area contributed by atoms with Crippen LogP contribution in [0.3, 0.4) is 0 Å². The molecule has 0 unspecified atom stereocenters. The summed E-state index contributed by atoms with van der Waals surface area (Å²) >= 11 is 0. The summed E-state index contributed by atoms with van der Waals surface area (Å²) in [5.74, 6) is -0.569. The molecular weight excluding hydrogens is 387 g/mol. The Morgan fingerprint density at radius 1 is 1.24 bits per heavy atom. The molecule has 10 heteroatoms. The van der Waals surface area contributed by atoms with Gasteiger partial charge in [0.05, 0.1) is 23.0 Å². The molecule has 2 N–H and O–H groups in total. The minimum atomic E-state index is -4.54. The fraction of sp³-hybridized carbons (Fsp3) is 0.474. The SMILES string of the molecule is CC(C)NC(=O)c1cnn2c1C[C@@H](CNC(=O)c1ccc(C(F)(F)F)nc1)CC2. The minimum Gasteiger partial charge on any atom is -0.352 e. The number of aryl methyl sites for hydroxylation is 1. The zero-order chi connectivity index (χ0) is 21.2. The fourth-order valence-electron chi connectivity index (χ4n) is 3.24. The van der Waals surface area contributed by atoms with E-state index in [4.69, 9.17) is 0 Å². The Labute approximate surface area is 165 Å². The summed E-state index contributed by atoms with van der Waals surface area (Å²) in [4.78, 5) is 27.9. The number of carbonyl (C=O) groups is 2. The molecule has 0 saturated carbocycles. The maximum Gasteiger partial charge on any atom is 0.433 e. The van der Waals surface area contributed by atoms with Gasteiger partial charge >= 0.3 is 6.18 Å². The van der Waals surface area contributed by atoms with E-state index in [0.29, 0.717) is 25.1 Å². The van der Waals surface area contributed by atoms with Gasteiger partial charge in [-0.2, -0.15) is 18.3 Å². The van der Waals surface area contributed by atoms with Gasteiger partial charge in [-0.1, -0.05) is 0 Å². The van der Waals surface area contributed by atoms with Crippen molar-refractivity contribution in [3.05, 3.63) is 47.0 Å². The molecule has 0 fully saturated rings. The Kier molecular flexibility index (Phi) is 5.90. The number of hydrogen-bond acceptors (Lipinski definition) is 4. The average Bonchev–Trinajstić information content (AvgIpc) is 3.08. The third-order valence-electron chi connectivity index (χ3n) is 4.71. The van der Waals surface area contributed by atoms with Gasteiger partial charge in [-0.25, -0.2) is 0 Å². The first-order chi connectivity index (χ1) is 13.6. The number of fused-ring (bicyclic) bond motifs is 1. The second kappa shape index (κ2) is 8.22. The molecule has 3 rings (SSSR count). The highest BCUT2D eigenvalue weighted by atomic mass is 19.4. The number of hydrogen-bond donors (Lipinski definition) is 2. The average molecular weight is 409 g/mol. The number of rotatable bonds is 5. The summed E-state index contributed by atoms with van der Waals surface area (Å²) < 4.78 is 39.5. The lowest BCUT2D eigenvalue weighted by molar-refractivity contribution is -0.141. The number of alkyl halides is 3. The van der Waals surface area contributed by atoms with Crippen LogP contribution in [0.25, 0.3) is 0 Å². The number of pyridine rings is 1. The molecule has 0 saturated heterocycles. The number of nitrogens with one attached hydrogen (secondary N) is 2. The van der Waals surface area contributed by atoms with E-state index in [1.54, 1.807) is 10.9 Å². The first-order valence-electron chi connectivity index (χ1n) is 9.32. The van der Waals surface area contributed by atoms with Crippen molar-refractivity contribution >= 4 is 11.8 Å². The molecule has 2 aromatic rings.